The minimum absolute atomic E-state index is 0.0928. The van der Waals surface area contributed by atoms with Gasteiger partial charge < -0.3 is 19.1 Å². The molecule has 0 atom stereocenters. The molecule has 1 aliphatic heterocycles. The number of methoxy groups -OCH3 is 1. The highest BCUT2D eigenvalue weighted by Crippen LogP contribution is 2.43. The number of nitrogens with zero attached hydrogens (tertiary/aromatic N) is 1. The summed E-state index contributed by atoms with van der Waals surface area (Å²) in [6.45, 7) is 3.47. The van der Waals surface area contributed by atoms with E-state index in [1.807, 2.05) is 0 Å². The molecule has 0 spiro atoms. The molecule has 0 unspecified atom stereocenters. The average molecular weight is 335 g/mol. The summed E-state index contributed by atoms with van der Waals surface area (Å²) < 4.78 is 15.4. The lowest BCUT2D eigenvalue weighted by Gasteiger charge is -2.37. The van der Waals surface area contributed by atoms with E-state index in [9.17, 15) is 14.4 Å². The molecular formula is C17H21NO6. The van der Waals surface area contributed by atoms with Crippen LogP contribution in [0.15, 0.2) is 18.2 Å². The summed E-state index contributed by atoms with van der Waals surface area (Å²) in [7, 11) is 3.08. The van der Waals surface area contributed by atoms with E-state index in [4.69, 9.17) is 14.2 Å². The first-order valence-corrected chi connectivity index (χ1v) is 7.71. The Morgan fingerprint density at radius 3 is 2.25 bits per heavy atom. The highest BCUT2D eigenvalue weighted by atomic mass is 16.6. The first-order chi connectivity index (χ1) is 11.4. The number of amides is 1. The van der Waals surface area contributed by atoms with Gasteiger partial charge in [-0.3, -0.25) is 14.4 Å². The number of esters is 2. The van der Waals surface area contributed by atoms with E-state index in [2.05, 4.69) is 0 Å². The van der Waals surface area contributed by atoms with Crippen molar-refractivity contribution in [2.75, 3.05) is 32.3 Å². The van der Waals surface area contributed by atoms with Crippen LogP contribution >= 0.6 is 0 Å². The second kappa shape index (κ2) is 6.90. The summed E-state index contributed by atoms with van der Waals surface area (Å²) in [6, 6.07) is 4.85. The summed E-state index contributed by atoms with van der Waals surface area (Å²) in [5.74, 6) is -1.43. The van der Waals surface area contributed by atoms with Crippen LogP contribution < -0.4 is 9.64 Å². The molecule has 1 aromatic rings. The molecule has 0 fully saturated rings. The Morgan fingerprint density at radius 1 is 1.17 bits per heavy atom. The second-order valence-electron chi connectivity index (χ2n) is 5.36. The summed E-state index contributed by atoms with van der Waals surface area (Å²) in [6.07, 6.45) is -0.333. The second-order valence-corrected chi connectivity index (χ2v) is 5.36. The van der Waals surface area contributed by atoms with Crippen molar-refractivity contribution in [3.05, 3.63) is 23.8 Å². The van der Waals surface area contributed by atoms with Crippen LogP contribution in [0.1, 0.15) is 25.8 Å². The number of carbonyl (C=O) groups excluding carboxylic acids is 3. The Hall–Kier alpha value is -2.57. The van der Waals surface area contributed by atoms with Gasteiger partial charge in [0.1, 0.15) is 5.75 Å². The fourth-order valence-corrected chi connectivity index (χ4v) is 2.81. The van der Waals surface area contributed by atoms with Crippen LogP contribution in [0.4, 0.5) is 5.69 Å². The Balaban J connectivity index is 2.71. The first kappa shape index (κ1) is 17.8. The van der Waals surface area contributed by atoms with Gasteiger partial charge in [-0.2, -0.15) is 0 Å². The number of anilines is 1. The Kier molecular flexibility index (Phi) is 5.11. The summed E-state index contributed by atoms with van der Waals surface area (Å²) >= 11 is 0. The van der Waals surface area contributed by atoms with Gasteiger partial charge in [0.05, 0.1) is 32.4 Å². The molecule has 0 N–H and O–H groups in total. The zero-order chi connectivity index (χ0) is 17.9. The third-order valence-corrected chi connectivity index (χ3v) is 4.06. The number of benzene rings is 1. The normalized spacial score (nSPS) is 15.5. The highest BCUT2D eigenvalue weighted by Gasteiger charge is 2.56. The van der Waals surface area contributed by atoms with Crippen molar-refractivity contribution in [1.82, 2.24) is 0 Å². The largest absolute Gasteiger partial charge is 0.497 e. The van der Waals surface area contributed by atoms with Crippen LogP contribution in [-0.2, 0) is 29.3 Å². The van der Waals surface area contributed by atoms with E-state index in [1.165, 1.54) is 12.0 Å². The van der Waals surface area contributed by atoms with Crippen LogP contribution in [0, 0.1) is 0 Å². The smallest absolute Gasteiger partial charge is 0.328 e. The van der Waals surface area contributed by atoms with E-state index >= 15 is 0 Å². The molecule has 7 nitrogen and oxygen atoms in total. The fourth-order valence-electron chi connectivity index (χ4n) is 2.81. The van der Waals surface area contributed by atoms with Gasteiger partial charge in [0.25, 0.3) is 0 Å². The van der Waals surface area contributed by atoms with Crippen LogP contribution in [0.5, 0.6) is 5.75 Å². The van der Waals surface area contributed by atoms with Gasteiger partial charge in [0.2, 0.25) is 11.3 Å². The molecule has 0 saturated carbocycles. The van der Waals surface area contributed by atoms with Gasteiger partial charge in [-0.15, -0.1) is 0 Å². The zero-order valence-electron chi connectivity index (χ0n) is 14.3. The zero-order valence-corrected chi connectivity index (χ0v) is 14.3. The molecule has 1 amide bonds. The molecule has 7 heteroatoms. The highest BCUT2D eigenvalue weighted by molar-refractivity contribution is 6.15. The number of carbonyl (C=O) groups is 3. The molecule has 24 heavy (non-hydrogen) atoms. The lowest BCUT2D eigenvalue weighted by atomic mass is 9.73. The number of fused-ring (bicyclic) bond motifs is 1. The van der Waals surface area contributed by atoms with Crippen molar-refractivity contribution in [3.63, 3.8) is 0 Å². The Bertz CT molecular complexity index is 651. The molecule has 0 saturated heterocycles. The predicted molar refractivity (Wildman–Crippen MR) is 86.0 cm³/mol. The van der Waals surface area contributed by atoms with Crippen LogP contribution in [-0.4, -0.2) is 45.2 Å². The van der Waals surface area contributed by atoms with E-state index in [0.717, 1.165) is 0 Å². The van der Waals surface area contributed by atoms with Crippen molar-refractivity contribution < 1.29 is 28.6 Å². The number of ether oxygens (including phenoxy) is 3. The quantitative estimate of drug-likeness (QED) is 0.598. The van der Waals surface area contributed by atoms with Crippen molar-refractivity contribution in [2.24, 2.45) is 0 Å². The minimum atomic E-state index is -1.79. The van der Waals surface area contributed by atoms with Crippen molar-refractivity contribution in [2.45, 2.75) is 25.7 Å². The van der Waals surface area contributed by atoms with Gasteiger partial charge in [-0.25, -0.2) is 0 Å². The molecule has 1 aromatic carbocycles. The summed E-state index contributed by atoms with van der Waals surface area (Å²) in [5, 5.41) is 0. The van der Waals surface area contributed by atoms with Gasteiger partial charge in [-0.1, -0.05) is 6.07 Å². The van der Waals surface area contributed by atoms with E-state index < -0.39 is 17.4 Å². The molecule has 0 radical (unpaired) electrons. The third-order valence-electron chi connectivity index (χ3n) is 4.06. The average Bonchev–Trinajstić information content (AvgIpc) is 2.58. The molecule has 0 bridgehead atoms. The molecule has 1 heterocycles. The van der Waals surface area contributed by atoms with Crippen LogP contribution in [0.2, 0.25) is 0 Å². The van der Waals surface area contributed by atoms with E-state index in [0.29, 0.717) is 17.0 Å². The molecule has 130 valence electrons. The topological polar surface area (TPSA) is 82.1 Å². The monoisotopic (exact) mass is 335 g/mol. The SMILES string of the molecule is CCOC(=O)C1(C(=O)OCC)CC(=O)N(C)c2cc(OC)ccc21. The van der Waals surface area contributed by atoms with Crippen LogP contribution in [0.25, 0.3) is 0 Å². The lowest BCUT2D eigenvalue weighted by molar-refractivity contribution is -0.167. The third kappa shape index (κ3) is 2.70. The summed E-state index contributed by atoms with van der Waals surface area (Å²) in [5.41, 5.74) is -0.994. The number of rotatable bonds is 5. The molecule has 1 aliphatic rings. The van der Waals surface area contributed by atoms with Gasteiger partial charge in [0, 0.05) is 18.7 Å². The maximum absolute atomic E-state index is 12.7. The van der Waals surface area contributed by atoms with Gasteiger partial charge >= 0.3 is 11.9 Å². The molecule has 0 aromatic heterocycles. The number of hydrogen-bond acceptors (Lipinski definition) is 6. The maximum Gasteiger partial charge on any atom is 0.328 e. The van der Waals surface area contributed by atoms with E-state index in [1.54, 1.807) is 39.1 Å². The molecule has 2 rings (SSSR count). The van der Waals surface area contributed by atoms with Crippen molar-refractivity contribution in [3.8, 4) is 5.75 Å². The first-order valence-electron chi connectivity index (χ1n) is 7.71. The predicted octanol–water partition coefficient (Wildman–Crippen LogP) is 1.43. The Morgan fingerprint density at radius 2 is 1.75 bits per heavy atom. The lowest BCUT2D eigenvalue weighted by Crippen LogP contribution is -2.53. The molecular weight excluding hydrogens is 314 g/mol. The maximum atomic E-state index is 12.7. The van der Waals surface area contributed by atoms with Crippen LogP contribution in [0.3, 0.4) is 0 Å². The van der Waals surface area contributed by atoms with Gasteiger partial charge in [0.15, 0.2) is 0 Å². The van der Waals surface area contributed by atoms with Gasteiger partial charge in [-0.05, 0) is 19.9 Å². The Labute approximate surface area is 140 Å². The standard InChI is InChI=1S/C17H21NO6/c1-5-23-15(20)17(16(21)24-6-2)10-14(19)18(3)13-9-11(22-4)7-8-12(13)17/h7-9H,5-6,10H2,1-4H3. The summed E-state index contributed by atoms with van der Waals surface area (Å²) in [4.78, 5) is 39.2. The van der Waals surface area contributed by atoms with Crippen molar-refractivity contribution in [1.29, 1.82) is 0 Å². The van der Waals surface area contributed by atoms with E-state index in [-0.39, 0.29) is 25.5 Å². The number of hydrogen-bond donors (Lipinski definition) is 0. The minimum Gasteiger partial charge on any atom is -0.497 e. The molecule has 0 aliphatic carbocycles. The fraction of sp³-hybridized carbons (Fsp3) is 0.471. The van der Waals surface area contributed by atoms with Crippen molar-refractivity contribution >= 4 is 23.5 Å².